The van der Waals surface area contributed by atoms with Crippen LogP contribution < -0.4 is 16.3 Å². The average Bonchev–Trinajstić information content (AvgIpc) is 2.87. The predicted octanol–water partition coefficient (Wildman–Crippen LogP) is -1.01. The lowest BCUT2D eigenvalue weighted by Gasteiger charge is -2.38. The number of aromatic nitrogens is 3. The van der Waals surface area contributed by atoms with Gasteiger partial charge in [-0.3, -0.25) is 19.5 Å². The molecule has 1 aliphatic heterocycles. The summed E-state index contributed by atoms with van der Waals surface area (Å²) in [4.78, 5) is 39.8. The summed E-state index contributed by atoms with van der Waals surface area (Å²) in [6, 6.07) is -0.442. The van der Waals surface area contributed by atoms with Crippen molar-refractivity contribution in [3.05, 3.63) is 16.3 Å². The van der Waals surface area contributed by atoms with Crippen LogP contribution in [-0.4, -0.2) is 64.1 Å². The number of carbonyl (C=O) groups excluding carboxylic acids is 2. The van der Waals surface area contributed by atoms with E-state index in [0.717, 1.165) is 13.1 Å². The molecule has 1 aromatic rings. The quantitative estimate of drug-likeness (QED) is 0.529. The molecule has 0 radical (unpaired) electrons. The van der Waals surface area contributed by atoms with Crippen molar-refractivity contribution in [3.63, 3.8) is 0 Å². The molecule has 134 valence electrons. The number of piperazine rings is 1. The second-order valence-corrected chi connectivity index (χ2v) is 7.27. The molecule has 0 bridgehead atoms. The number of carbonyl (C=O) groups is 2. The van der Waals surface area contributed by atoms with E-state index >= 15 is 0 Å². The van der Waals surface area contributed by atoms with Gasteiger partial charge in [0.2, 0.25) is 11.8 Å². The van der Waals surface area contributed by atoms with Crippen LogP contribution in [0.5, 0.6) is 0 Å². The Morgan fingerprint density at radius 3 is 2.75 bits per heavy atom. The predicted molar refractivity (Wildman–Crippen MR) is 88.4 cm³/mol. The lowest BCUT2D eigenvalue weighted by Crippen LogP contribution is -2.58. The fraction of sp³-hybridized carbons (Fsp3) is 0.733. The third kappa shape index (κ3) is 5.48. The minimum atomic E-state index is -0.442. The monoisotopic (exact) mass is 338 g/mol. The van der Waals surface area contributed by atoms with Gasteiger partial charge in [-0.05, 0) is 5.41 Å². The first-order chi connectivity index (χ1) is 11.2. The zero-order chi connectivity index (χ0) is 17.7. The van der Waals surface area contributed by atoms with Gasteiger partial charge in [0.25, 0.3) is 0 Å². The maximum absolute atomic E-state index is 12.1. The molecule has 24 heavy (non-hydrogen) atoms. The highest BCUT2D eigenvalue weighted by atomic mass is 16.2. The average molecular weight is 338 g/mol. The SMILES string of the molecule is CC(C)(C)CN1CCNC(=O)[C@H]1CC(=O)NCCc1n[nH]c(=O)[nH]1. The van der Waals surface area contributed by atoms with Crippen molar-refractivity contribution in [1.82, 2.24) is 30.7 Å². The molecule has 1 fully saturated rings. The first kappa shape index (κ1) is 18.2. The summed E-state index contributed by atoms with van der Waals surface area (Å²) < 4.78 is 0. The summed E-state index contributed by atoms with van der Waals surface area (Å²) in [6.07, 6.45) is 0.548. The van der Waals surface area contributed by atoms with Crippen LogP contribution in [0.25, 0.3) is 0 Å². The van der Waals surface area contributed by atoms with Crippen molar-refractivity contribution in [1.29, 1.82) is 0 Å². The van der Waals surface area contributed by atoms with Gasteiger partial charge in [0.1, 0.15) is 5.82 Å². The Bertz CT molecular complexity index is 630. The number of nitrogens with one attached hydrogen (secondary N) is 4. The van der Waals surface area contributed by atoms with Gasteiger partial charge in [0, 0.05) is 32.6 Å². The van der Waals surface area contributed by atoms with Gasteiger partial charge in [0.15, 0.2) is 0 Å². The normalized spacial score (nSPS) is 19.1. The molecule has 2 amide bonds. The first-order valence-electron chi connectivity index (χ1n) is 8.16. The molecule has 0 unspecified atom stereocenters. The zero-order valence-corrected chi connectivity index (χ0v) is 14.4. The Balaban J connectivity index is 1.84. The maximum atomic E-state index is 12.1. The van der Waals surface area contributed by atoms with Crippen LogP contribution in [0.15, 0.2) is 4.79 Å². The Labute approximate surface area is 140 Å². The second kappa shape index (κ2) is 7.61. The molecule has 4 N–H and O–H groups in total. The molecule has 2 heterocycles. The summed E-state index contributed by atoms with van der Waals surface area (Å²) in [5.41, 5.74) is -0.314. The summed E-state index contributed by atoms with van der Waals surface area (Å²) in [6.45, 7) is 8.80. The van der Waals surface area contributed by atoms with Crippen LogP contribution >= 0.6 is 0 Å². The van der Waals surface area contributed by atoms with Crippen molar-refractivity contribution in [2.75, 3.05) is 26.2 Å². The van der Waals surface area contributed by atoms with Gasteiger partial charge in [-0.2, -0.15) is 5.10 Å². The van der Waals surface area contributed by atoms with Crippen LogP contribution in [0, 0.1) is 5.41 Å². The number of hydrogen-bond donors (Lipinski definition) is 4. The molecule has 1 aromatic heterocycles. The Kier molecular flexibility index (Phi) is 5.76. The van der Waals surface area contributed by atoms with Crippen LogP contribution in [0.2, 0.25) is 0 Å². The third-order valence-electron chi connectivity index (χ3n) is 3.73. The zero-order valence-electron chi connectivity index (χ0n) is 14.4. The fourth-order valence-corrected chi connectivity index (χ4v) is 2.77. The number of rotatable bonds is 6. The van der Waals surface area contributed by atoms with Crippen molar-refractivity contribution < 1.29 is 9.59 Å². The molecule has 0 spiro atoms. The van der Waals surface area contributed by atoms with Crippen LogP contribution in [0.4, 0.5) is 0 Å². The summed E-state index contributed by atoms with van der Waals surface area (Å²) in [5.74, 6) is 0.205. The number of H-pyrrole nitrogens is 2. The third-order valence-corrected chi connectivity index (χ3v) is 3.73. The fourth-order valence-electron chi connectivity index (χ4n) is 2.77. The van der Waals surface area contributed by atoms with E-state index in [-0.39, 0.29) is 29.3 Å². The van der Waals surface area contributed by atoms with Gasteiger partial charge in [-0.15, -0.1) is 0 Å². The molecule has 9 heteroatoms. The van der Waals surface area contributed by atoms with E-state index in [9.17, 15) is 14.4 Å². The van der Waals surface area contributed by atoms with Crippen LogP contribution in [0.3, 0.4) is 0 Å². The Morgan fingerprint density at radius 2 is 2.12 bits per heavy atom. The number of amides is 2. The molecule has 0 aromatic carbocycles. The largest absolute Gasteiger partial charge is 0.356 e. The number of hydrogen-bond acceptors (Lipinski definition) is 5. The highest BCUT2D eigenvalue weighted by molar-refractivity contribution is 5.88. The minimum Gasteiger partial charge on any atom is -0.356 e. The second-order valence-electron chi connectivity index (χ2n) is 7.27. The topological polar surface area (TPSA) is 123 Å². The summed E-state index contributed by atoms with van der Waals surface area (Å²) in [7, 11) is 0. The smallest absolute Gasteiger partial charge is 0.340 e. The molecular formula is C15H26N6O3. The molecule has 2 rings (SSSR count). The van der Waals surface area contributed by atoms with Gasteiger partial charge in [-0.1, -0.05) is 20.8 Å². The lowest BCUT2D eigenvalue weighted by molar-refractivity contribution is -0.134. The summed E-state index contributed by atoms with van der Waals surface area (Å²) >= 11 is 0. The highest BCUT2D eigenvalue weighted by Crippen LogP contribution is 2.19. The van der Waals surface area contributed by atoms with E-state index in [0.29, 0.717) is 25.3 Å². The van der Waals surface area contributed by atoms with E-state index < -0.39 is 6.04 Å². The number of nitrogens with zero attached hydrogens (tertiary/aromatic N) is 2. The standard InChI is InChI=1S/C15H26N6O3/c1-15(2,3)9-21-7-6-17-13(23)10(21)8-12(22)16-5-4-11-18-14(24)20-19-11/h10H,4-9H2,1-3H3,(H,16,22)(H,17,23)(H2,18,19,20,24)/t10-/m1/s1. The van der Waals surface area contributed by atoms with Crippen molar-refractivity contribution in [3.8, 4) is 0 Å². The van der Waals surface area contributed by atoms with Crippen molar-refractivity contribution in [2.45, 2.75) is 39.7 Å². The molecule has 0 aliphatic carbocycles. The van der Waals surface area contributed by atoms with Gasteiger partial charge < -0.3 is 10.6 Å². The van der Waals surface area contributed by atoms with Crippen LogP contribution in [0.1, 0.15) is 33.0 Å². The van der Waals surface area contributed by atoms with Gasteiger partial charge in [-0.25, -0.2) is 9.89 Å². The van der Waals surface area contributed by atoms with E-state index in [4.69, 9.17) is 0 Å². The lowest BCUT2D eigenvalue weighted by atomic mass is 9.94. The van der Waals surface area contributed by atoms with Crippen LogP contribution in [-0.2, 0) is 16.0 Å². The minimum absolute atomic E-state index is 0.0537. The van der Waals surface area contributed by atoms with Crippen molar-refractivity contribution >= 4 is 11.8 Å². The van der Waals surface area contributed by atoms with Gasteiger partial charge >= 0.3 is 5.69 Å². The van der Waals surface area contributed by atoms with Crippen molar-refractivity contribution in [2.24, 2.45) is 5.41 Å². The maximum Gasteiger partial charge on any atom is 0.340 e. The molecule has 9 nitrogen and oxygen atoms in total. The van der Waals surface area contributed by atoms with E-state index in [1.165, 1.54) is 0 Å². The Morgan fingerprint density at radius 1 is 1.38 bits per heavy atom. The summed E-state index contributed by atoms with van der Waals surface area (Å²) in [5, 5.41) is 11.6. The number of aromatic amines is 2. The van der Waals surface area contributed by atoms with E-state index in [1.807, 2.05) is 0 Å². The molecule has 1 aliphatic rings. The Hall–Kier alpha value is -2.16. The molecular weight excluding hydrogens is 312 g/mol. The van der Waals surface area contributed by atoms with E-state index in [1.54, 1.807) is 0 Å². The molecule has 0 saturated carbocycles. The van der Waals surface area contributed by atoms with E-state index in [2.05, 4.69) is 51.5 Å². The highest BCUT2D eigenvalue weighted by Gasteiger charge is 2.33. The van der Waals surface area contributed by atoms with Gasteiger partial charge in [0.05, 0.1) is 12.5 Å². The molecule has 1 atom stereocenters. The first-order valence-corrected chi connectivity index (χ1v) is 8.16. The molecule has 1 saturated heterocycles.